The first-order valence-corrected chi connectivity index (χ1v) is 15.5. The fourth-order valence-corrected chi connectivity index (χ4v) is 6.51. The van der Waals surface area contributed by atoms with E-state index in [0.717, 1.165) is 59.6 Å². The third-order valence-corrected chi connectivity index (χ3v) is 9.33. The van der Waals surface area contributed by atoms with Crippen LogP contribution in [0.15, 0.2) is 37.2 Å². The van der Waals surface area contributed by atoms with Gasteiger partial charge in [-0.1, -0.05) is 13.8 Å². The average molecular weight is 625 g/mol. The van der Waals surface area contributed by atoms with Gasteiger partial charge in [-0.05, 0) is 36.8 Å². The first kappa shape index (κ1) is 32.2. The smallest absolute Gasteiger partial charge is 0.236 e. The summed E-state index contributed by atoms with van der Waals surface area (Å²) in [4.78, 5) is 55.4. The topological polar surface area (TPSA) is 178 Å². The summed E-state index contributed by atoms with van der Waals surface area (Å²) in [5, 5.41) is 19.4. The Hall–Kier alpha value is -5.24. The first-order chi connectivity index (χ1) is 22.2. The lowest BCUT2D eigenvalue weighted by Crippen LogP contribution is -2.52. The number of H-pyrrole nitrogens is 2. The van der Waals surface area contributed by atoms with Gasteiger partial charge >= 0.3 is 0 Å². The molecule has 0 spiro atoms. The van der Waals surface area contributed by atoms with E-state index in [2.05, 4.69) is 53.6 Å². The number of hydrogen-bond acceptors (Lipinski definition) is 10. The van der Waals surface area contributed by atoms with Crippen molar-refractivity contribution in [3.63, 3.8) is 0 Å². The summed E-state index contributed by atoms with van der Waals surface area (Å²) in [6.07, 6.45) is 8.54. The standard InChI is InChI=1S/2C16H20N6O/c2*1-11-5-8-22(14(23)3-6-17)9-13(11)21(2)16-12-4-7-18-15(12)19-10-20-16/h2*4,7,10-11,13H,3,5,8-9H2,1-2H3,(H,18,19,20)/t2*11-,13-/m10/s1. The highest BCUT2D eigenvalue weighted by Crippen LogP contribution is 2.30. The Kier molecular flexibility index (Phi) is 9.96. The van der Waals surface area contributed by atoms with Gasteiger partial charge in [-0.3, -0.25) is 9.59 Å². The van der Waals surface area contributed by atoms with Crippen LogP contribution in [-0.4, -0.2) is 104 Å². The summed E-state index contributed by atoms with van der Waals surface area (Å²) in [6, 6.07) is 8.15. The Morgan fingerprint density at radius 3 is 1.59 bits per heavy atom. The van der Waals surface area contributed by atoms with Gasteiger partial charge in [-0.15, -0.1) is 0 Å². The summed E-state index contributed by atoms with van der Waals surface area (Å²) in [5.74, 6) is 2.43. The third-order valence-electron chi connectivity index (χ3n) is 9.33. The Morgan fingerprint density at radius 2 is 1.20 bits per heavy atom. The van der Waals surface area contributed by atoms with Crippen LogP contribution in [0.4, 0.5) is 11.6 Å². The average Bonchev–Trinajstić information content (AvgIpc) is 3.75. The molecule has 2 amide bonds. The second kappa shape index (κ2) is 14.2. The maximum atomic E-state index is 12.0. The zero-order valence-corrected chi connectivity index (χ0v) is 26.7. The monoisotopic (exact) mass is 624 g/mol. The van der Waals surface area contributed by atoms with E-state index in [0.29, 0.717) is 24.9 Å². The Morgan fingerprint density at radius 1 is 0.783 bits per heavy atom. The number of aromatic nitrogens is 6. The molecular weight excluding hydrogens is 584 g/mol. The molecule has 14 nitrogen and oxygen atoms in total. The number of piperidine rings is 2. The molecule has 2 aliphatic rings. The van der Waals surface area contributed by atoms with E-state index < -0.39 is 0 Å². The van der Waals surface area contributed by atoms with Crippen molar-refractivity contribution in [3.8, 4) is 12.1 Å². The van der Waals surface area contributed by atoms with Crippen LogP contribution in [-0.2, 0) is 9.59 Å². The van der Waals surface area contributed by atoms with Gasteiger partial charge < -0.3 is 29.6 Å². The van der Waals surface area contributed by atoms with E-state index in [-0.39, 0.29) is 36.7 Å². The molecule has 240 valence electrons. The van der Waals surface area contributed by atoms with Crippen molar-refractivity contribution >= 4 is 45.5 Å². The number of rotatable bonds is 6. The number of nitrogens with zero attached hydrogens (tertiary/aromatic N) is 10. The van der Waals surface area contributed by atoms with Crippen molar-refractivity contribution in [2.24, 2.45) is 11.8 Å². The predicted octanol–water partition coefficient (Wildman–Crippen LogP) is 3.09. The zero-order valence-electron chi connectivity index (χ0n) is 26.7. The lowest BCUT2D eigenvalue weighted by atomic mass is 9.92. The SMILES string of the molecule is C[C@@H]1CCN(C(=O)CC#N)C[C@H]1N(C)c1ncnc2[nH]ccc12.C[C@H]1CCN(C(=O)CC#N)C[C@@H]1N(C)c1ncnc2[nH]ccc12. The molecule has 6 rings (SSSR count). The molecule has 4 aromatic rings. The molecule has 4 aromatic heterocycles. The van der Waals surface area contributed by atoms with Crippen molar-refractivity contribution in [1.29, 1.82) is 10.5 Å². The molecule has 4 atom stereocenters. The van der Waals surface area contributed by atoms with Crippen LogP contribution in [0, 0.1) is 34.5 Å². The molecule has 0 aromatic carbocycles. The molecule has 2 fully saturated rings. The predicted molar refractivity (Wildman–Crippen MR) is 173 cm³/mol. The number of nitriles is 2. The van der Waals surface area contributed by atoms with Crippen molar-refractivity contribution in [2.75, 3.05) is 50.1 Å². The lowest BCUT2D eigenvalue weighted by molar-refractivity contribution is -0.132. The van der Waals surface area contributed by atoms with Crippen molar-refractivity contribution < 1.29 is 9.59 Å². The summed E-state index contributed by atoms with van der Waals surface area (Å²) in [5.41, 5.74) is 1.62. The minimum Gasteiger partial charge on any atom is -0.354 e. The van der Waals surface area contributed by atoms with Gasteiger partial charge in [0.05, 0.1) is 35.0 Å². The Labute approximate surface area is 268 Å². The summed E-state index contributed by atoms with van der Waals surface area (Å²) >= 11 is 0. The lowest BCUT2D eigenvalue weighted by Gasteiger charge is -2.42. The van der Waals surface area contributed by atoms with Crippen LogP contribution in [0.3, 0.4) is 0 Å². The molecule has 2 saturated heterocycles. The van der Waals surface area contributed by atoms with E-state index in [1.807, 2.05) is 50.8 Å². The normalized spacial score (nSPS) is 21.2. The van der Waals surface area contributed by atoms with Crippen LogP contribution in [0.5, 0.6) is 0 Å². The number of carbonyl (C=O) groups is 2. The summed E-state index contributed by atoms with van der Waals surface area (Å²) in [6.45, 7) is 7.07. The van der Waals surface area contributed by atoms with Crippen LogP contribution >= 0.6 is 0 Å². The van der Waals surface area contributed by atoms with E-state index in [9.17, 15) is 9.59 Å². The van der Waals surface area contributed by atoms with Crippen LogP contribution < -0.4 is 9.80 Å². The van der Waals surface area contributed by atoms with Gasteiger partial charge in [-0.25, -0.2) is 19.9 Å². The fraction of sp³-hybridized carbons (Fsp3) is 0.500. The molecule has 0 radical (unpaired) electrons. The van der Waals surface area contributed by atoms with Crippen LogP contribution in [0.1, 0.15) is 39.5 Å². The van der Waals surface area contributed by atoms with Crippen LogP contribution in [0.25, 0.3) is 22.1 Å². The van der Waals surface area contributed by atoms with Gasteiger partial charge in [0.2, 0.25) is 11.8 Å². The number of amides is 2. The van der Waals surface area contributed by atoms with Gasteiger partial charge in [0.25, 0.3) is 0 Å². The fourth-order valence-electron chi connectivity index (χ4n) is 6.51. The second-order valence-electron chi connectivity index (χ2n) is 12.1. The number of hydrogen-bond donors (Lipinski definition) is 2. The molecule has 2 N–H and O–H groups in total. The third kappa shape index (κ3) is 6.71. The number of likely N-dealkylation sites (tertiary alicyclic amines) is 2. The maximum Gasteiger partial charge on any atom is 0.236 e. The number of carbonyl (C=O) groups excluding carboxylic acids is 2. The highest BCUT2D eigenvalue weighted by Gasteiger charge is 2.34. The Balaban J connectivity index is 0.000000181. The van der Waals surface area contributed by atoms with Crippen LogP contribution in [0.2, 0.25) is 0 Å². The molecular formula is C32H40N12O2. The van der Waals surface area contributed by atoms with Crippen molar-refractivity contribution in [2.45, 2.75) is 51.6 Å². The van der Waals surface area contributed by atoms with Gasteiger partial charge in [0.15, 0.2) is 0 Å². The molecule has 2 aliphatic heterocycles. The quantitative estimate of drug-likeness (QED) is 0.324. The number of likely N-dealkylation sites (N-methyl/N-ethyl adjacent to an activating group) is 2. The summed E-state index contributed by atoms with van der Waals surface area (Å²) < 4.78 is 0. The molecule has 0 bridgehead atoms. The second-order valence-corrected chi connectivity index (χ2v) is 12.1. The minimum absolute atomic E-state index is 0.0552. The molecule has 6 heterocycles. The minimum atomic E-state index is -0.0905. The molecule has 46 heavy (non-hydrogen) atoms. The van der Waals surface area contributed by atoms with Gasteiger partial charge in [-0.2, -0.15) is 10.5 Å². The number of fused-ring (bicyclic) bond motifs is 2. The van der Waals surface area contributed by atoms with Gasteiger partial charge in [0.1, 0.15) is 48.4 Å². The highest BCUT2D eigenvalue weighted by atomic mass is 16.2. The molecule has 14 heteroatoms. The highest BCUT2D eigenvalue weighted by molar-refractivity contribution is 5.88. The molecule has 0 unspecified atom stereocenters. The molecule has 0 saturated carbocycles. The zero-order chi connectivity index (χ0) is 32.8. The van der Waals surface area contributed by atoms with Gasteiger partial charge in [0, 0.05) is 52.7 Å². The van der Waals surface area contributed by atoms with E-state index in [1.54, 1.807) is 22.5 Å². The van der Waals surface area contributed by atoms with Crippen molar-refractivity contribution in [3.05, 3.63) is 37.2 Å². The number of aromatic amines is 2. The first-order valence-electron chi connectivity index (χ1n) is 15.5. The van der Waals surface area contributed by atoms with E-state index >= 15 is 0 Å². The van der Waals surface area contributed by atoms with Crippen molar-refractivity contribution in [1.82, 2.24) is 39.7 Å². The number of nitrogens with one attached hydrogen (secondary N) is 2. The van der Waals surface area contributed by atoms with E-state index in [4.69, 9.17) is 10.5 Å². The summed E-state index contributed by atoms with van der Waals surface area (Å²) in [7, 11) is 4.02. The van der Waals surface area contributed by atoms with E-state index in [1.165, 1.54) is 0 Å². The number of anilines is 2. The Bertz CT molecular complexity index is 1620. The molecule has 0 aliphatic carbocycles. The maximum absolute atomic E-state index is 12.0. The largest absolute Gasteiger partial charge is 0.354 e.